The first-order valence-electron chi connectivity index (χ1n) is 6.05. The monoisotopic (exact) mass is 197 g/mol. The predicted octanol–water partition coefficient (Wildman–Crippen LogP) is 2.52. The van der Waals surface area contributed by atoms with Crippen LogP contribution in [0.4, 0.5) is 0 Å². The molecule has 0 aromatic carbocycles. The highest BCUT2D eigenvalue weighted by atomic mass is 16.1. The Hall–Kier alpha value is -0.370. The van der Waals surface area contributed by atoms with Crippen LogP contribution < -0.4 is 5.32 Å². The van der Waals surface area contributed by atoms with Gasteiger partial charge >= 0.3 is 0 Å². The summed E-state index contributed by atoms with van der Waals surface area (Å²) in [4.78, 5) is 10.5. The number of carbonyl (C=O) groups excluding carboxylic acids is 1. The van der Waals surface area contributed by atoms with Gasteiger partial charge in [-0.1, -0.05) is 32.6 Å². The van der Waals surface area contributed by atoms with Crippen molar-refractivity contribution in [1.29, 1.82) is 0 Å². The van der Waals surface area contributed by atoms with Crippen molar-refractivity contribution in [2.24, 2.45) is 5.92 Å². The smallest absolute Gasteiger partial charge is 0.136 e. The Morgan fingerprint density at radius 3 is 2.71 bits per heavy atom. The van der Waals surface area contributed by atoms with E-state index in [9.17, 15) is 4.79 Å². The SMILES string of the molecule is CCCCCCC1CCC(C=O)NC1. The molecule has 1 fully saturated rings. The van der Waals surface area contributed by atoms with Gasteiger partial charge in [0.15, 0.2) is 0 Å². The van der Waals surface area contributed by atoms with Crippen molar-refractivity contribution < 1.29 is 4.79 Å². The lowest BCUT2D eigenvalue weighted by Crippen LogP contribution is -2.39. The van der Waals surface area contributed by atoms with Crippen LogP contribution in [0.2, 0.25) is 0 Å². The molecule has 0 bridgehead atoms. The lowest BCUT2D eigenvalue weighted by atomic mass is 9.90. The van der Waals surface area contributed by atoms with Crippen LogP contribution in [-0.2, 0) is 4.79 Å². The third kappa shape index (κ3) is 4.23. The van der Waals surface area contributed by atoms with Crippen molar-refractivity contribution >= 4 is 6.29 Å². The van der Waals surface area contributed by atoms with Gasteiger partial charge in [-0.15, -0.1) is 0 Å². The van der Waals surface area contributed by atoms with Gasteiger partial charge in [0.25, 0.3) is 0 Å². The van der Waals surface area contributed by atoms with Crippen molar-refractivity contribution in [2.45, 2.75) is 57.9 Å². The third-order valence-electron chi connectivity index (χ3n) is 3.18. The Balaban J connectivity index is 2.01. The molecule has 0 spiro atoms. The maximum atomic E-state index is 10.5. The number of piperidine rings is 1. The number of rotatable bonds is 6. The van der Waals surface area contributed by atoms with Gasteiger partial charge < -0.3 is 10.1 Å². The second-order valence-electron chi connectivity index (χ2n) is 4.44. The minimum Gasteiger partial charge on any atom is -0.307 e. The maximum absolute atomic E-state index is 10.5. The largest absolute Gasteiger partial charge is 0.307 e. The van der Waals surface area contributed by atoms with Gasteiger partial charge in [0, 0.05) is 0 Å². The standard InChI is InChI=1S/C12H23NO/c1-2-3-4-5-6-11-7-8-12(10-14)13-9-11/h10-13H,2-9H2,1H3. The molecule has 2 atom stereocenters. The van der Waals surface area contributed by atoms with Gasteiger partial charge in [-0.3, -0.25) is 0 Å². The van der Waals surface area contributed by atoms with E-state index >= 15 is 0 Å². The van der Waals surface area contributed by atoms with Gasteiger partial charge in [-0.25, -0.2) is 0 Å². The van der Waals surface area contributed by atoms with Crippen molar-refractivity contribution in [2.75, 3.05) is 6.54 Å². The van der Waals surface area contributed by atoms with Crippen LogP contribution in [0.5, 0.6) is 0 Å². The lowest BCUT2D eigenvalue weighted by molar-refractivity contribution is -0.110. The molecule has 2 heteroatoms. The normalized spacial score (nSPS) is 27.5. The van der Waals surface area contributed by atoms with Crippen molar-refractivity contribution in [3.63, 3.8) is 0 Å². The van der Waals surface area contributed by atoms with E-state index in [1.807, 2.05) is 0 Å². The summed E-state index contributed by atoms with van der Waals surface area (Å²) in [7, 11) is 0. The molecule has 1 saturated heterocycles. The summed E-state index contributed by atoms with van der Waals surface area (Å²) >= 11 is 0. The summed E-state index contributed by atoms with van der Waals surface area (Å²) < 4.78 is 0. The molecule has 0 aromatic rings. The number of hydrogen-bond donors (Lipinski definition) is 1. The number of aldehydes is 1. The highest BCUT2D eigenvalue weighted by Gasteiger charge is 2.18. The first kappa shape index (κ1) is 11.7. The maximum Gasteiger partial charge on any atom is 0.136 e. The zero-order chi connectivity index (χ0) is 10.2. The molecule has 0 aromatic heterocycles. The van der Waals surface area contributed by atoms with E-state index in [0.717, 1.165) is 25.2 Å². The first-order chi connectivity index (χ1) is 6.86. The topological polar surface area (TPSA) is 29.1 Å². The summed E-state index contributed by atoms with van der Waals surface area (Å²) in [6.45, 7) is 3.30. The van der Waals surface area contributed by atoms with Crippen LogP contribution >= 0.6 is 0 Å². The highest BCUT2D eigenvalue weighted by Crippen LogP contribution is 2.19. The number of hydrogen-bond acceptors (Lipinski definition) is 2. The molecule has 2 unspecified atom stereocenters. The number of unbranched alkanes of at least 4 members (excludes halogenated alkanes) is 3. The third-order valence-corrected chi connectivity index (χ3v) is 3.18. The fourth-order valence-electron chi connectivity index (χ4n) is 2.16. The van der Waals surface area contributed by atoms with Crippen LogP contribution in [0.25, 0.3) is 0 Å². The fourth-order valence-corrected chi connectivity index (χ4v) is 2.16. The molecule has 1 N–H and O–H groups in total. The molecular formula is C12H23NO. The first-order valence-corrected chi connectivity index (χ1v) is 6.05. The fraction of sp³-hybridized carbons (Fsp3) is 0.917. The zero-order valence-corrected chi connectivity index (χ0v) is 9.30. The van der Waals surface area contributed by atoms with Crippen LogP contribution in [0.3, 0.4) is 0 Å². The Morgan fingerprint density at radius 2 is 2.14 bits per heavy atom. The summed E-state index contributed by atoms with van der Waals surface area (Å²) in [5, 5.41) is 3.29. The highest BCUT2D eigenvalue weighted by molar-refractivity contribution is 5.57. The molecule has 1 heterocycles. The minimum atomic E-state index is 0.141. The Morgan fingerprint density at radius 1 is 1.29 bits per heavy atom. The van der Waals surface area contributed by atoms with Crippen LogP contribution in [0, 0.1) is 5.92 Å². The molecular weight excluding hydrogens is 174 g/mol. The molecule has 0 amide bonds. The van der Waals surface area contributed by atoms with Gasteiger partial charge in [-0.05, 0) is 31.7 Å². The van der Waals surface area contributed by atoms with E-state index < -0.39 is 0 Å². The zero-order valence-electron chi connectivity index (χ0n) is 9.30. The Labute approximate surface area is 87.5 Å². The minimum absolute atomic E-state index is 0.141. The van der Waals surface area contributed by atoms with E-state index in [-0.39, 0.29) is 6.04 Å². The van der Waals surface area contributed by atoms with E-state index in [1.54, 1.807) is 0 Å². The Kier molecular flexibility index (Phi) is 5.85. The summed E-state index contributed by atoms with van der Waals surface area (Å²) in [6, 6.07) is 0.141. The molecule has 1 aliphatic heterocycles. The molecule has 0 saturated carbocycles. The van der Waals surface area contributed by atoms with Gasteiger partial charge in [-0.2, -0.15) is 0 Å². The van der Waals surface area contributed by atoms with E-state index in [2.05, 4.69) is 12.2 Å². The second-order valence-corrected chi connectivity index (χ2v) is 4.44. The van der Waals surface area contributed by atoms with Crippen molar-refractivity contribution in [3.05, 3.63) is 0 Å². The molecule has 0 radical (unpaired) electrons. The second kappa shape index (κ2) is 6.99. The molecule has 1 rings (SSSR count). The predicted molar refractivity (Wildman–Crippen MR) is 59.3 cm³/mol. The summed E-state index contributed by atoms with van der Waals surface area (Å²) in [5.74, 6) is 0.822. The average molecular weight is 197 g/mol. The van der Waals surface area contributed by atoms with Crippen LogP contribution in [0.15, 0.2) is 0 Å². The summed E-state index contributed by atoms with van der Waals surface area (Å²) in [6.07, 6.45) is 10.1. The number of carbonyl (C=O) groups is 1. The van der Waals surface area contributed by atoms with E-state index in [4.69, 9.17) is 0 Å². The van der Waals surface area contributed by atoms with Gasteiger partial charge in [0.2, 0.25) is 0 Å². The number of nitrogens with one attached hydrogen (secondary N) is 1. The van der Waals surface area contributed by atoms with Gasteiger partial charge in [0.1, 0.15) is 6.29 Å². The molecule has 2 nitrogen and oxygen atoms in total. The van der Waals surface area contributed by atoms with Gasteiger partial charge in [0.05, 0.1) is 6.04 Å². The molecule has 1 aliphatic rings. The van der Waals surface area contributed by atoms with E-state index in [1.165, 1.54) is 38.5 Å². The van der Waals surface area contributed by atoms with Crippen molar-refractivity contribution in [3.8, 4) is 0 Å². The quantitative estimate of drug-likeness (QED) is 0.523. The summed E-state index contributed by atoms with van der Waals surface area (Å²) in [5.41, 5.74) is 0. The van der Waals surface area contributed by atoms with E-state index in [0.29, 0.717) is 0 Å². The lowest BCUT2D eigenvalue weighted by Gasteiger charge is -2.26. The molecule has 14 heavy (non-hydrogen) atoms. The molecule has 82 valence electrons. The van der Waals surface area contributed by atoms with Crippen molar-refractivity contribution in [1.82, 2.24) is 5.32 Å². The van der Waals surface area contributed by atoms with Crippen LogP contribution in [0.1, 0.15) is 51.9 Å². The average Bonchev–Trinajstić information content (AvgIpc) is 2.25. The Bertz CT molecular complexity index is 150. The van der Waals surface area contributed by atoms with Crippen LogP contribution in [-0.4, -0.2) is 18.9 Å². The molecule has 0 aliphatic carbocycles.